The van der Waals surface area contributed by atoms with Crippen molar-refractivity contribution < 1.29 is 18.5 Å². The Kier molecular flexibility index (Phi) is 5.38. The molecular formula is C19H21N3O4. The van der Waals surface area contributed by atoms with Gasteiger partial charge in [0.1, 0.15) is 11.5 Å². The van der Waals surface area contributed by atoms with Crippen LogP contribution < -0.4 is 10.1 Å². The Hall–Kier alpha value is -3.06. The molecule has 7 heteroatoms. The molecular weight excluding hydrogens is 334 g/mol. The molecule has 26 heavy (non-hydrogen) atoms. The average Bonchev–Trinajstić information content (AvgIpc) is 3.34. The molecule has 3 aromatic rings. The monoisotopic (exact) mass is 355 g/mol. The summed E-state index contributed by atoms with van der Waals surface area (Å²) in [5, 5.41) is 6.73. The van der Waals surface area contributed by atoms with Crippen molar-refractivity contribution in [3.8, 4) is 17.1 Å². The molecule has 0 aliphatic heterocycles. The van der Waals surface area contributed by atoms with Gasteiger partial charge in [-0.25, -0.2) is 0 Å². The van der Waals surface area contributed by atoms with E-state index in [0.717, 1.165) is 17.1 Å². The second-order valence-corrected chi connectivity index (χ2v) is 6.01. The molecule has 136 valence electrons. The Morgan fingerprint density at radius 2 is 2.04 bits per heavy atom. The maximum absolute atomic E-state index is 12.4. The second-order valence-electron chi connectivity index (χ2n) is 6.01. The van der Waals surface area contributed by atoms with Gasteiger partial charge in [0.2, 0.25) is 0 Å². The summed E-state index contributed by atoms with van der Waals surface area (Å²) in [4.78, 5) is 14.4. The van der Waals surface area contributed by atoms with E-state index in [0.29, 0.717) is 12.3 Å². The Labute approximate surface area is 151 Å². The minimum atomic E-state index is -0.299. The van der Waals surface area contributed by atoms with Crippen LogP contribution in [0.15, 0.2) is 57.7 Å². The van der Waals surface area contributed by atoms with Crippen LogP contribution in [0.3, 0.4) is 0 Å². The maximum atomic E-state index is 12.4. The highest BCUT2D eigenvalue weighted by Gasteiger charge is 2.20. The summed E-state index contributed by atoms with van der Waals surface area (Å²) in [7, 11) is 5.46. The predicted molar refractivity (Wildman–Crippen MR) is 96.0 cm³/mol. The van der Waals surface area contributed by atoms with Crippen molar-refractivity contribution in [1.29, 1.82) is 0 Å². The number of carbonyl (C=O) groups excluding carboxylic acids is 1. The Morgan fingerprint density at radius 1 is 1.27 bits per heavy atom. The number of carbonyl (C=O) groups is 1. The summed E-state index contributed by atoms with van der Waals surface area (Å²) in [6.07, 6.45) is 1.62. The number of ether oxygens (including phenoxy) is 1. The van der Waals surface area contributed by atoms with E-state index in [4.69, 9.17) is 13.7 Å². The molecule has 1 atom stereocenters. The summed E-state index contributed by atoms with van der Waals surface area (Å²) < 4.78 is 15.9. The summed E-state index contributed by atoms with van der Waals surface area (Å²) in [5.41, 5.74) is 1.05. The first kappa shape index (κ1) is 17.8. The lowest BCUT2D eigenvalue weighted by molar-refractivity contribution is 0.0930. The molecule has 1 N–H and O–H groups in total. The molecule has 1 unspecified atom stereocenters. The molecule has 0 saturated carbocycles. The van der Waals surface area contributed by atoms with Gasteiger partial charge in [0, 0.05) is 18.2 Å². The number of amides is 1. The fourth-order valence-corrected chi connectivity index (χ4v) is 2.57. The molecule has 3 rings (SSSR count). The highest BCUT2D eigenvalue weighted by Crippen LogP contribution is 2.23. The zero-order valence-electron chi connectivity index (χ0n) is 14.9. The van der Waals surface area contributed by atoms with Crippen LogP contribution >= 0.6 is 0 Å². The molecule has 0 aliphatic carbocycles. The van der Waals surface area contributed by atoms with Gasteiger partial charge in [-0.3, -0.25) is 9.69 Å². The van der Waals surface area contributed by atoms with Gasteiger partial charge in [-0.05, 0) is 50.5 Å². The van der Waals surface area contributed by atoms with E-state index >= 15 is 0 Å². The van der Waals surface area contributed by atoms with E-state index in [1.807, 2.05) is 55.4 Å². The van der Waals surface area contributed by atoms with Crippen molar-refractivity contribution in [2.45, 2.75) is 6.04 Å². The average molecular weight is 355 g/mol. The standard InChI is InChI=1S/C19H21N3O4/c1-22(2)16(17-5-4-10-25-17)12-20-19(23)15-11-18(26-21-15)13-6-8-14(24-3)9-7-13/h4-11,16H,12H2,1-3H3,(H,20,23). The summed E-state index contributed by atoms with van der Waals surface area (Å²) in [6.45, 7) is 0.393. The number of furan rings is 1. The smallest absolute Gasteiger partial charge is 0.273 e. The fourth-order valence-electron chi connectivity index (χ4n) is 2.57. The third kappa shape index (κ3) is 3.94. The van der Waals surface area contributed by atoms with Crippen molar-refractivity contribution in [2.75, 3.05) is 27.7 Å². The summed E-state index contributed by atoms with van der Waals surface area (Å²) >= 11 is 0. The lowest BCUT2D eigenvalue weighted by atomic mass is 10.1. The van der Waals surface area contributed by atoms with E-state index in [2.05, 4.69) is 10.5 Å². The lowest BCUT2D eigenvalue weighted by Gasteiger charge is -2.22. The highest BCUT2D eigenvalue weighted by molar-refractivity contribution is 5.93. The van der Waals surface area contributed by atoms with Crippen molar-refractivity contribution in [2.24, 2.45) is 0 Å². The van der Waals surface area contributed by atoms with Crippen LogP contribution in [0.5, 0.6) is 5.75 Å². The summed E-state index contributed by atoms with van der Waals surface area (Å²) in [6, 6.07) is 12.6. The molecule has 2 heterocycles. The lowest BCUT2D eigenvalue weighted by Crippen LogP contribution is -2.34. The van der Waals surface area contributed by atoms with E-state index in [9.17, 15) is 4.79 Å². The van der Waals surface area contributed by atoms with E-state index in [1.54, 1.807) is 19.4 Å². The van der Waals surface area contributed by atoms with Gasteiger partial charge in [0.25, 0.3) is 5.91 Å². The van der Waals surface area contributed by atoms with Gasteiger partial charge in [0.15, 0.2) is 11.5 Å². The number of nitrogens with zero attached hydrogens (tertiary/aromatic N) is 2. The molecule has 0 fully saturated rings. The van der Waals surface area contributed by atoms with Crippen LogP contribution in [-0.4, -0.2) is 43.7 Å². The summed E-state index contributed by atoms with van der Waals surface area (Å²) in [5.74, 6) is 1.76. The number of nitrogens with one attached hydrogen (secondary N) is 1. The van der Waals surface area contributed by atoms with Crippen molar-refractivity contribution in [3.05, 3.63) is 60.2 Å². The molecule has 0 radical (unpaired) electrons. The van der Waals surface area contributed by atoms with Crippen LogP contribution in [0.1, 0.15) is 22.3 Å². The SMILES string of the molecule is COc1ccc(-c2cc(C(=O)NCC(c3ccco3)N(C)C)no2)cc1. The number of hydrogen-bond donors (Lipinski definition) is 1. The first-order chi connectivity index (χ1) is 12.6. The molecule has 2 aromatic heterocycles. The topological polar surface area (TPSA) is 80.7 Å². The Balaban J connectivity index is 1.66. The van der Waals surface area contributed by atoms with E-state index in [-0.39, 0.29) is 17.6 Å². The third-order valence-corrected chi connectivity index (χ3v) is 4.07. The first-order valence-corrected chi connectivity index (χ1v) is 8.17. The first-order valence-electron chi connectivity index (χ1n) is 8.17. The molecule has 1 aromatic carbocycles. The van der Waals surface area contributed by atoms with Gasteiger partial charge in [-0.2, -0.15) is 0 Å². The molecule has 0 saturated heterocycles. The van der Waals surface area contributed by atoms with Crippen molar-refractivity contribution >= 4 is 5.91 Å². The second kappa shape index (κ2) is 7.88. The molecule has 0 bridgehead atoms. The van der Waals surface area contributed by atoms with Crippen LogP contribution in [0.25, 0.3) is 11.3 Å². The minimum absolute atomic E-state index is 0.0677. The van der Waals surface area contributed by atoms with Gasteiger partial charge < -0.3 is 19.0 Å². The number of aromatic nitrogens is 1. The van der Waals surface area contributed by atoms with Crippen molar-refractivity contribution in [3.63, 3.8) is 0 Å². The predicted octanol–water partition coefficient (Wildman–Crippen LogP) is 2.98. The van der Waals surface area contributed by atoms with E-state index < -0.39 is 0 Å². The van der Waals surface area contributed by atoms with Gasteiger partial charge in [0.05, 0.1) is 19.4 Å². The van der Waals surface area contributed by atoms with E-state index in [1.165, 1.54) is 0 Å². The number of rotatable bonds is 7. The molecule has 1 amide bonds. The van der Waals surface area contributed by atoms with Gasteiger partial charge in [-0.1, -0.05) is 5.16 Å². The Morgan fingerprint density at radius 3 is 2.65 bits per heavy atom. The minimum Gasteiger partial charge on any atom is -0.497 e. The molecule has 0 spiro atoms. The number of methoxy groups -OCH3 is 1. The normalized spacial score (nSPS) is 12.2. The highest BCUT2D eigenvalue weighted by atomic mass is 16.5. The largest absolute Gasteiger partial charge is 0.497 e. The zero-order chi connectivity index (χ0) is 18.5. The molecule has 7 nitrogen and oxygen atoms in total. The fraction of sp³-hybridized carbons (Fsp3) is 0.263. The Bertz CT molecular complexity index is 838. The van der Waals surface area contributed by atoms with Crippen LogP contribution in [0.2, 0.25) is 0 Å². The van der Waals surface area contributed by atoms with Crippen LogP contribution in [-0.2, 0) is 0 Å². The maximum Gasteiger partial charge on any atom is 0.273 e. The quantitative estimate of drug-likeness (QED) is 0.702. The number of benzene rings is 1. The van der Waals surface area contributed by atoms with Gasteiger partial charge in [-0.15, -0.1) is 0 Å². The van der Waals surface area contributed by atoms with Crippen LogP contribution in [0.4, 0.5) is 0 Å². The number of hydrogen-bond acceptors (Lipinski definition) is 6. The molecule has 0 aliphatic rings. The zero-order valence-corrected chi connectivity index (χ0v) is 14.9. The van der Waals surface area contributed by atoms with Gasteiger partial charge >= 0.3 is 0 Å². The van der Waals surface area contributed by atoms with Crippen molar-refractivity contribution in [1.82, 2.24) is 15.4 Å². The number of likely N-dealkylation sites (N-methyl/N-ethyl adjacent to an activating group) is 1. The van der Waals surface area contributed by atoms with Crippen LogP contribution in [0, 0.1) is 0 Å². The third-order valence-electron chi connectivity index (χ3n) is 4.07.